The molecule has 1 aromatic rings. The van der Waals surface area contributed by atoms with Crippen LogP contribution < -0.4 is 5.32 Å². The molecule has 1 aliphatic heterocycles. The van der Waals surface area contributed by atoms with Crippen LogP contribution in [-0.4, -0.2) is 61.0 Å². The molecule has 0 unspecified atom stereocenters. The standard InChI is InChI=1S/C21H25N3O6/c1-13(2)21(3,12-22)23-17(25)11-30-20(28)14-6-7-15-16(10-14)19(27)24(18(15)26)8-5-9-29-4/h6-7,10,13H,5,8-9,11H2,1-4H3,(H,23,25)/t21-/m0/s1. The summed E-state index contributed by atoms with van der Waals surface area (Å²) in [6.07, 6.45) is 0.504. The average molecular weight is 415 g/mol. The van der Waals surface area contributed by atoms with Crippen molar-refractivity contribution in [2.45, 2.75) is 32.7 Å². The van der Waals surface area contributed by atoms with Gasteiger partial charge in [0.15, 0.2) is 6.61 Å². The highest BCUT2D eigenvalue weighted by Gasteiger charge is 2.36. The second-order valence-corrected chi connectivity index (χ2v) is 7.46. The lowest BCUT2D eigenvalue weighted by Gasteiger charge is -2.27. The van der Waals surface area contributed by atoms with Gasteiger partial charge in [-0.25, -0.2) is 4.79 Å². The molecule has 0 radical (unpaired) electrons. The van der Waals surface area contributed by atoms with Crippen LogP contribution >= 0.6 is 0 Å². The van der Waals surface area contributed by atoms with Gasteiger partial charge in [0.2, 0.25) is 0 Å². The Morgan fingerprint density at radius 1 is 1.23 bits per heavy atom. The van der Waals surface area contributed by atoms with Crippen LogP contribution in [0.4, 0.5) is 0 Å². The minimum absolute atomic E-state index is 0.0494. The van der Waals surface area contributed by atoms with Crippen molar-refractivity contribution in [3.05, 3.63) is 34.9 Å². The lowest BCUT2D eigenvalue weighted by Crippen LogP contribution is -2.50. The summed E-state index contributed by atoms with van der Waals surface area (Å²) < 4.78 is 9.94. The van der Waals surface area contributed by atoms with E-state index in [2.05, 4.69) is 5.32 Å². The van der Waals surface area contributed by atoms with Gasteiger partial charge in [0.1, 0.15) is 5.54 Å². The van der Waals surface area contributed by atoms with E-state index in [9.17, 15) is 24.4 Å². The summed E-state index contributed by atoms with van der Waals surface area (Å²) in [5.74, 6) is -2.48. The molecule has 0 aromatic heterocycles. The van der Waals surface area contributed by atoms with Crippen LogP contribution in [0, 0.1) is 17.2 Å². The summed E-state index contributed by atoms with van der Waals surface area (Å²) in [4.78, 5) is 50.4. The predicted molar refractivity (Wildman–Crippen MR) is 106 cm³/mol. The number of nitriles is 1. The second kappa shape index (κ2) is 9.50. The van der Waals surface area contributed by atoms with Gasteiger partial charge in [0, 0.05) is 20.3 Å². The maximum absolute atomic E-state index is 12.5. The van der Waals surface area contributed by atoms with Crippen molar-refractivity contribution >= 4 is 23.7 Å². The van der Waals surface area contributed by atoms with Crippen molar-refractivity contribution in [2.75, 3.05) is 26.9 Å². The molecule has 160 valence electrons. The first-order valence-electron chi connectivity index (χ1n) is 9.53. The van der Waals surface area contributed by atoms with Gasteiger partial charge in [-0.2, -0.15) is 5.26 Å². The molecule has 1 aromatic carbocycles. The molecular formula is C21H25N3O6. The van der Waals surface area contributed by atoms with Crippen LogP contribution in [0.2, 0.25) is 0 Å². The Morgan fingerprint density at radius 3 is 2.50 bits per heavy atom. The highest BCUT2D eigenvalue weighted by Crippen LogP contribution is 2.24. The minimum Gasteiger partial charge on any atom is -0.452 e. The van der Waals surface area contributed by atoms with Crippen LogP contribution in [0.15, 0.2) is 18.2 Å². The highest BCUT2D eigenvalue weighted by molar-refractivity contribution is 6.22. The Bertz CT molecular complexity index is 904. The van der Waals surface area contributed by atoms with Gasteiger partial charge in [0.25, 0.3) is 17.7 Å². The number of rotatable bonds is 9. The van der Waals surface area contributed by atoms with E-state index < -0.39 is 35.8 Å². The summed E-state index contributed by atoms with van der Waals surface area (Å²) >= 11 is 0. The third kappa shape index (κ3) is 4.83. The topological polar surface area (TPSA) is 126 Å². The zero-order chi connectivity index (χ0) is 22.5. The van der Waals surface area contributed by atoms with Gasteiger partial charge < -0.3 is 14.8 Å². The first kappa shape index (κ1) is 23.0. The SMILES string of the molecule is COCCCN1C(=O)c2ccc(C(=O)OCC(=O)N[C@@](C)(C#N)C(C)C)cc2C1=O. The van der Waals surface area contributed by atoms with E-state index in [1.165, 1.54) is 25.3 Å². The van der Waals surface area contributed by atoms with Gasteiger partial charge in [-0.05, 0) is 37.5 Å². The monoisotopic (exact) mass is 415 g/mol. The number of esters is 1. The summed E-state index contributed by atoms with van der Waals surface area (Å²) in [5, 5.41) is 11.8. The van der Waals surface area contributed by atoms with E-state index in [4.69, 9.17) is 9.47 Å². The molecular weight excluding hydrogens is 390 g/mol. The zero-order valence-electron chi connectivity index (χ0n) is 17.5. The number of nitrogens with one attached hydrogen (secondary N) is 1. The number of carbonyl (C=O) groups is 4. The lowest BCUT2D eigenvalue weighted by molar-refractivity contribution is -0.125. The molecule has 1 aliphatic rings. The molecule has 9 nitrogen and oxygen atoms in total. The Kier molecular flexibility index (Phi) is 7.29. The molecule has 9 heteroatoms. The van der Waals surface area contributed by atoms with Gasteiger partial charge in [-0.3, -0.25) is 19.3 Å². The molecule has 0 fully saturated rings. The number of ether oxygens (including phenoxy) is 2. The van der Waals surface area contributed by atoms with Gasteiger partial charge in [-0.15, -0.1) is 0 Å². The van der Waals surface area contributed by atoms with E-state index in [0.717, 1.165) is 4.90 Å². The number of carbonyl (C=O) groups excluding carboxylic acids is 4. The predicted octanol–water partition coefficient (Wildman–Crippen LogP) is 1.53. The van der Waals surface area contributed by atoms with Crippen LogP contribution in [0.3, 0.4) is 0 Å². The fraction of sp³-hybridized carbons (Fsp3) is 0.476. The Balaban J connectivity index is 2.03. The number of methoxy groups -OCH3 is 1. The first-order chi connectivity index (χ1) is 14.1. The molecule has 0 saturated heterocycles. The van der Waals surface area contributed by atoms with Crippen molar-refractivity contribution in [3.8, 4) is 6.07 Å². The minimum atomic E-state index is -1.09. The van der Waals surface area contributed by atoms with Crippen molar-refractivity contribution in [1.29, 1.82) is 5.26 Å². The molecule has 0 spiro atoms. The molecule has 0 aliphatic carbocycles. The van der Waals surface area contributed by atoms with E-state index in [1.54, 1.807) is 20.8 Å². The smallest absolute Gasteiger partial charge is 0.338 e. The summed E-state index contributed by atoms with van der Waals surface area (Å²) in [5.41, 5.74) is -0.703. The van der Waals surface area contributed by atoms with Gasteiger partial charge in [-0.1, -0.05) is 13.8 Å². The summed E-state index contributed by atoms with van der Waals surface area (Å²) in [7, 11) is 1.53. The number of nitrogens with zero attached hydrogens (tertiary/aromatic N) is 2. The number of hydrogen-bond donors (Lipinski definition) is 1. The molecule has 2 rings (SSSR count). The Hall–Kier alpha value is -3.25. The molecule has 0 bridgehead atoms. The third-order valence-electron chi connectivity index (χ3n) is 5.06. The quantitative estimate of drug-likeness (QED) is 0.368. The van der Waals surface area contributed by atoms with Gasteiger partial charge in [0.05, 0.1) is 22.8 Å². The maximum Gasteiger partial charge on any atom is 0.338 e. The van der Waals surface area contributed by atoms with Gasteiger partial charge >= 0.3 is 5.97 Å². The number of imide groups is 1. The van der Waals surface area contributed by atoms with Crippen molar-refractivity contribution in [2.24, 2.45) is 5.92 Å². The van der Waals surface area contributed by atoms with Crippen molar-refractivity contribution < 1.29 is 28.7 Å². The Labute approximate surface area is 174 Å². The number of amides is 3. The van der Waals surface area contributed by atoms with Crippen molar-refractivity contribution in [3.63, 3.8) is 0 Å². The van der Waals surface area contributed by atoms with Crippen LogP contribution in [0.25, 0.3) is 0 Å². The lowest BCUT2D eigenvalue weighted by atomic mass is 9.90. The van der Waals surface area contributed by atoms with Crippen LogP contribution in [-0.2, 0) is 14.3 Å². The third-order valence-corrected chi connectivity index (χ3v) is 5.06. The fourth-order valence-corrected chi connectivity index (χ4v) is 2.83. The molecule has 3 amide bonds. The molecule has 30 heavy (non-hydrogen) atoms. The van der Waals surface area contributed by atoms with E-state index in [0.29, 0.717) is 13.0 Å². The maximum atomic E-state index is 12.5. The molecule has 1 N–H and O–H groups in total. The summed E-state index contributed by atoms with van der Waals surface area (Å²) in [6, 6.07) is 6.09. The van der Waals surface area contributed by atoms with E-state index in [1.807, 2.05) is 6.07 Å². The largest absolute Gasteiger partial charge is 0.452 e. The number of hydrogen-bond acceptors (Lipinski definition) is 7. The average Bonchev–Trinajstić information content (AvgIpc) is 2.96. The molecule has 1 atom stereocenters. The molecule has 1 heterocycles. The second-order valence-electron chi connectivity index (χ2n) is 7.46. The Morgan fingerprint density at radius 2 is 1.90 bits per heavy atom. The zero-order valence-corrected chi connectivity index (χ0v) is 17.5. The fourth-order valence-electron chi connectivity index (χ4n) is 2.83. The molecule has 0 saturated carbocycles. The van der Waals surface area contributed by atoms with Crippen molar-refractivity contribution in [1.82, 2.24) is 10.2 Å². The summed E-state index contributed by atoms with van der Waals surface area (Å²) in [6.45, 7) is 5.21. The van der Waals surface area contributed by atoms with Crippen LogP contribution in [0.5, 0.6) is 0 Å². The van der Waals surface area contributed by atoms with E-state index >= 15 is 0 Å². The first-order valence-corrected chi connectivity index (χ1v) is 9.53. The van der Waals surface area contributed by atoms with Crippen LogP contribution in [0.1, 0.15) is 58.3 Å². The van der Waals surface area contributed by atoms with E-state index in [-0.39, 0.29) is 29.2 Å². The number of benzene rings is 1. The number of fused-ring (bicyclic) bond motifs is 1. The highest BCUT2D eigenvalue weighted by atomic mass is 16.5. The normalized spacial score (nSPS) is 14.9.